The average Bonchev–Trinajstić information content (AvgIpc) is 3.45. The van der Waals surface area contributed by atoms with Gasteiger partial charge in [-0.1, -0.05) is 0 Å². The Kier molecular flexibility index (Phi) is 6.22. The fourth-order valence-electron chi connectivity index (χ4n) is 2.51. The first kappa shape index (κ1) is 19.9. The largest absolute Gasteiger partial charge is 0.394 e. The third kappa shape index (κ3) is 4.90. The van der Waals surface area contributed by atoms with Crippen molar-refractivity contribution in [3.05, 3.63) is 56.9 Å². The van der Waals surface area contributed by atoms with Gasteiger partial charge in [-0.3, -0.25) is 9.63 Å². The molecule has 0 radical (unpaired) electrons. The van der Waals surface area contributed by atoms with E-state index in [0.717, 1.165) is 18.9 Å². The van der Waals surface area contributed by atoms with Gasteiger partial charge in [0.2, 0.25) is 0 Å². The second kappa shape index (κ2) is 8.44. The van der Waals surface area contributed by atoms with Crippen molar-refractivity contribution in [1.82, 2.24) is 5.48 Å². The van der Waals surface area contributed by atoms with E-state index in [4.69, 9.17) is 4.84 Å². The number of halogens is 4. The quantitative estimate of drug-likeness (QED) is 0.406. The first-order chi connectivity index (χ1) is 12.9. The van der Waals surface area contributed by atoms with Gasteiger partial charge >= 0.3 is 0 Å². The average molecular weight is 492 g/mol. The van der Waals surface area contributed by atoms with Crippen LogP contribution in [0.25, 0.3) is 0 Å². The Labute approximate surface area is 167 Å². The van der Waals surface area contributed by atoms with Gasteiger partial charge in [0.25, 0.3) is 5.91 Å². The lowest BCUT2D eigenvalue weighted by Crippen LogP contribution is -2.33. The van der Waals surface area contributed by atoms with Gasteiger partial charge in [0, 0.05) is 9.64 Å². The maximum atomic E-state index is 14.1. The fourth-order valence-corrected chi connectivity index (χ4v) is 2.96. The fraction of sp³-hybridized carbons (Fsp3) is 0.278. The molecule has 0 saturated heterocycles. The van der Waals surface area contributed by atoms with Crippen molar-refractivity contribution in [1.29, 1.82) is 0 Å². The van der Waals surface area contributed by atoms with Crippen LogP contribution in [0.5, 0.6) is 0 Å². The van der Waals surface area contributed by atoms with Crippen molar-refractivity contribution in [3.63, 3.8) is 0 Å². The van der Waals surface area contributed by atoms with Gasteiger partial charge in [0.15, 0.2) is 11.6 Å². The van der Waals surface area contributed by atoms with Crippen LogP contribution in [-0.4, -0.2) is 23.7 Å². The molecule has 5 nitrogen and oxygen atoms in total. The third-order valence-corrected chi connectivity index (χ3v) is 4.81. The zero-order valence-corrected chi connectivity index (χ0v) is 16.1. The van der Waals surface area contributed by atoms with Gasteiger partial charge < -0.3 is 10.4 Å². The molecule has 27 heavy (non-hydrogen) atoms. The highest BCUT2D eigenvalue weighted by Crippen LogP contribution is 2.34. The molecular weight excluding hydrogens is 476 g/mol. The maximum Gasteiger partial charge on any atom is 0.277 e. The lowest BCUT2D eigenvalue weighted by Gasteiger charge is -2.17. The summed E-state index contributed by atoms with van der Waals surface area (Å²) in [6.45, 7) is -0.276. The van der Waals surface area contributed by atoms with Crippen molar-refractivity contribution in [2.24, 2.45) is 5.92 Å². The number of benzene rings is 2. The SMILES string of the molecule is O=C(NOC(CO)C1CC1)c1cc(F)c(F)cc1Nc1ccc(I)cc1F. The smallest absolute Gasteiger partial charge is 0.277 e. The molecule has 3 rings (SSSR count). The molecule has 1 fully saturated rings. The molecule has 0 bridgehead atoms. The van der Waals surface area contributed by atoms with E-state index in [1.165, 1.54) is 12.1 Å². The minimum atomic E-state index is -1.23. The van der Waals surface area contributed by atoms with Gasteiger partial charge in [-0.25, -0.2) is 18.7 Å². The number of aliphatic hydroxyl groups is 1. The summed E-state index contributed by atoms with van der Waals surface area (Å²) in [6.07, 6.45) is 1.19. The number of carbonyl (C=O) groups excluding carboxylic acids is 1. The lowest BCUT2D eigenvalue weighted by atomic mass is 10.1. The number of hydrogen-bond acceptors (Lipinski definition) is 4. The summed E-state index contributed by atoms with van der Waals surface area (Å²) in [5.41, 5.74) is 1.76. The molecule has 1 aliphatic carbocycles. The summed E-state index contributed by atoms with van der Waals surface area (Å²) in [7, 11) is 0. The maximum absolute atomic E-state index is 14.1. The first-order valence-corrected chi connectivity index (χ1v) is 9.25. The number of nitrogens with one attached hydrogen (secondary N) is 2. The number of aliphatic hydroxyl groups excluding tert-OH is 1. The molecule has 144 valence electrons. The van der Waals surface area contributed by atoms with Crippen molar-refractivity contribution in [2.45, 2.75) is 18.9 Å². The Morgan fingerprint density at radius 1 is 1.15 bits per heavy atom. The molecule has 0 spiro atoms. The summed E-state index contributed by atoms with van der Waals surface area (Å²) in [6, 6.07) is 5.77. The van der Waals surface area contributed by atoms with Crippen LogP contribution in [0.4, 0.5) is 24.5 Å². The number of rotatable bonds is 7. The van der Waals surface area contributed by atoms with E-state index in [1.807, 2.05) is 22.6 Å². The van der Waals surface area contributed by atoms with Crippen LogP contribution in [0, 0.1) is 26.9 Å². The van der Waals surface area contributed by atoms with Gasteiger partial charge in [0.05, 0.1) is 23.5 Å². The zero-order chi connectivity index (χ0) is 19.6. The van der Waals surface area contributed by atoms with Gasteiger partial charge in [-0.05, 0) is 65.6 Å². The summed E-state index contributed by atoms with van der Waals surface area (Å²) < 4.78 is 42.0. The van der Waals surface area contributed by atoms with Crippen LogP contribution < -0.4 is 10.8 Å². The van der Waals surface area contributed by atoms with Crippen LogP contribution >= 0.6 is 22.6 Å². The Morgan fingerprint density at radius 3 is 2.48 bits per heavy atom. The van der Waals surface area contributed by atoms with Crippen molar-refractivity contribution in [2.75, 3.05) is 11.9 Å². The number of hydrogen-bond donors (Lipinski definition) is 3. The van der Waals surface area contributed by atoms with E-state index in [2.05, 4.69) is 10.8 Å². The van der Waals surface area contributed by atoms with E-state index < -0.39 is 29.5 Å². The van der Waals surface area contributed by atoms with Gasteiger partial charge in [-0.2, -0.15) is 0 Å². The first-order valence-electron chi connectivity index (χ1n) is 8.17. The van der Waals surface area contributed by atoms with E-state index in [1.54, 1.807) is 6.07 Å². The molecule has 0 aliphatic heterocycles. The predicted octanol–water partition coefficient (Wildman–Crippen LogP) is 3.88. The van der Waals surface area contributed by atoms with Crippen LogP contribution in [0.3, 0.4) is 0 Å². The van der Waals surface area contributed by atoms with Crippen LogP contribution in [-0.2, 0) is 4.84 Å². The summed E-state index contributed by atoms with van der Waals surface area (Å²) in [4.78, 5) is 17.6. The zero-order valence-electron chi connectivity index (χ0n) is 13.9. The molecule has 1 atom stereocenters. The lowest BCUT2D eigenvalue weighted by molar-refractivity contribution is -0.0497. The molecule has 2 aromatic carbocycles. The molecule has 9 heteroatoms. The Morgan fingerprint density at radius 2 is 1.85 bits per heavy atom. The van der Waals surface area contributed by atoms with Crippen LogP contribution in [0.15, 0.2) is 30.3 Å². The molecule has 1 saturated carbocycles. The molecule has 1 amide bonds. The van der Waals surface area contributed by atoms with Gasteiger partial charge in [0.1, 0.15) is 11.9 Å². The predicted molar refractivity (Wildman–Crippen MR) is 101 cm³/mol. The van der Waals surface area contributed by atoms with Crippen molar-refractivity contribution < 1.29 is 27.9 Å². The van der Waals surface area contributed by atoms with E-state index in [9.17, 15) is 23.1 Å². The minimum absolute atomic E-state index is 0.00241. The normalized spacial score (nSPS) is 14.7. The number of carbonyl (C=O) groups is 1. The molecule has 0 aromatic heterocycles. The second-order valence-corrected chi connectivity index (χ2v) is 7.41. The second-order valence-electron chi connectivity index (χ2n) is 6.17. The highest BCUT2D eigenvalue weighted by atomic mass is 127. The van der Waals surface area contributed by atoms with Crippen molar-refractivity contribution in [3.8, 4) is 0 Å². The highest BCUT2D eigenvalue weighted by molar-refractivity contribution is 14.1. The molecule has 2 aromatic rings. The molecular formula is C18H16F3IN2O3. The minimum Gasteiger partial charge on any atom is -0.394 e. The van der Waals surface area contributed by atoms with E-state index >= 15 is 0 Å². The molecule has 0 heterocycles. The Bertz CT molecular complexity index is 862. The van der Waals surface area contributed by atoms with E-state index in [0.29, 0.717) is 9.64 Å². The molecule has 1 aliphatic rings. The van der Waals surface area contributed by atoms with E-state index in [-0.39, 0.29) is 29.5 Å². The third-order valence-electron chi connectivity index (χ3n) is 4.14. The van der Waals surface area contributed by atoms with Crippen LogP contribution in [0.1, 0.15) is 23.2 Å². The Hall–Kier alpha value is -1.85. The number of anilines is 2. The highest BCUT2D eigenvalue weighted by Gasteiger charge is 2.32. The van der Waals surface area contributed by atoms with Crippen molar-refractivity contribution >= 4 is 39.9 Å². The number of hydroxylamine groups is 1. The topological polar surface area (TPSA) is 70.6 Å². The molecule has 1 unspecified atom stereocenters. The molecule has 3 N–H and O–H groups in total. The Balaban J connectivity index is 1.82. The standard InChI is InChI=1S/C18H16F3IN2O3/c19-12-6-11(18(26)24-27-17(8-25)9-1-2-9)16(7-13(12)20)23-15-4-3-10(22)5-14(15)21/h3-7,9,17,23,25H,1-2,8H2,(H,24,26). The summed E-state index contributed by atoms with van der Waals surface area (Å²) in [5, 5.41) is 11.9. The summed E-state index contributed by atoms with van der Waals surface area (Å²) >= 11 is 1.93. The number of amides is 1. The monoisotopic (exact) mass is 492 g/mol. The van der Waals surface area contributed by atoms with Crippen LogP contribution in [0.2, 0.25) is 0 Å². The summed E-state index contributed by atoms with van der Waals surface area (Å²) in [5.74, 6) is -3.72. The van der Waals surface area contributed by atoms with Gasteiger partial charge in [-0.15, -0.1) is 0 Å².